The average molecular weight is 293 g/mol. The minimum Gasteiger partial charge on any atom is -0.299 e. The average Bonchev–Trinajstić information content (AvgIpc) is 2.79. The van der Waals surface area contributed by atoms with Gasteiger partial charge in [0.25, 0.3) is 0 Å². The maximum Gasteiger partial charge on any atom is 0.446 e. The van der Waals surface area contributed by atoms with Crippen molar-refractivity contribution in [3.63, 3.8) is 0 Å². The Kier molecular flexibility index (Phi) is 4.28. The molecule has 3 nitrogen and oxygen atoms in total. The summed E-state index contributed by atoms with van der Waals surface area (Å²) in [5.41, 5.74) is 2.23. The van der Waals surface area contributed by atoms with Crippen LogP contribution < -0.4 is 10.9 Å². The summed E-state index contributed by atoms with van der Waals surface area (Å²) in [6, 6.07) is 6.01. The van der Waals surface area contributed by atoms with Crippen LogP contribution in [0.25, 0.3) is 0 Å². The number of halogens is 3. The molecule has 8 heteroatoms. The molecule has 0 spiro atoms. The summed E-state index contributed by atoms with van der Waals surface area (Å²) in [6.45, 7) is 0.788. The monoisotopic (exact) mass is 293 g/mol. The highest BCUT2D eigenvalue weighted by atomic mass is 32.2. The fourth-order valence-electron chi connectivity index (χ4n) is 1.28. The molecular formula is C10H10F3N3S2. The second-order valence-electron chi connectivity index (χ2n) is 3.36. The van der Waals surface area contributed by atoms with Crippen LogP contribution >= 0.6 is 23.5 Å². The van der Waals surface area contributed by atoms with Crippen molar-refractivity contribution in [1.29, 1.82) is 0 Å². The summed E-state index contributed by atoms with van der Waals surface area (Å²) in [5, 5.41) is 0.795. The zero-order valence-corrected chi connectivity index (χ0v) is 10.8. The maximum atomic E-state index is 12.1. The minimum atomic E-state index is -4.25. The molecular weight excluding hydrogens is 283 g/mol. The number of rotatable bonds is 3. The molecule has 0 aromatic heterocycles. The van der Waals surface area contributed by atoms with Gasteiger partial charge in [-0.1, -0.05) is 11.8 Å². The molecule has 0 fully saturated rings. The van der Waals surface area contributed by atoms with Crippen LogP contribution in [0.2, 0.25) is 0 Å². The Bertz CT molecular complexity index is 431. The van der Waals surface area contributed by atoms with E-state index in [4.69, 9.17) is 0 Å². The SMILES string of the molecule is FC(F)(F)Sc1ccc(NNC2=NCCS2)cc1. The number of aliphatic imine (C=N–C) groups is 1. The summed E-state index contributed by atoms with van der Waals surface area (Å²) in [7, 11) is 0. The molecule has 2 rings (SSSR count). The van der Waals surface area contributed by atoms with E-state index in [1.54, 1.807) is 23.9 Å². The van der Waals surface area contributed by atoms with Gasteiger partial charge in [0.05, 0.1) is 12.2 Å². The van der Waals surface area contributed by atoms with Gasteiger partial charge >= 0.3 is 5.51 Å². The second-order valence-corrected chi connectivity index (χ2v) is 5.58. The first-order valence-corrected chi connectivity index (χ1v) is 6.88. The van der Waals surface area contributed by atoms with E-state index >= 15 is 0 Å². The molecule has 1 aromatic rings. The van der Waals surface area contributed by atoms with E-state index in [9.17, 15) is 13.2 Å². The van der Waals surface area contributed by atoms with Crippen molar-refractivity contribution in [3.8, 4) is 0 Å². The van der Waals surface area contributed by atoms with Gasteiger partial charge in [0.2, 0.25) is 0 Å². The van der Waals surface area contributed by atoms with Crippen LogP contribution in [0.1, 0.15) is 0 Å². The number of thioether (sulfide) groups is 2. The molecule has 0 saturated carbocycles. The van der Waals surface area contributed by atoms with Crippen molar-refractivity contribution in [2.75, 3.05) is 17.7 Å². The Labute approximate surface area is 111 Å². The third kappa shape index (κ3) is 4.34. The van der Waals surface area contributed by atoms with Gasteiger partial charge in [0, 0.05) is 10.6 Å². The minimum absolute atomic E-state index is 0.123. The lowest BCUT2D eigenvalue weighted by molar-refractivity contribution is -0.0328. The van der Waals surface area contributed by atoms with Crippen molar-refractivity contribution >= 4 is 34.4 Å². The van der Waals surface area contributed by atoms with Crippen LogP contribution in [0.3, 0.4) is 0 Å². The Morgan fingerprint density at radius 1 is 1.17 bits per heavy atom. The van der Waals surface area contributed by atoms with Gasteiger partial charge in [0.15, 0.2) is 5.17 Å². The number of nitrogens with one attached hydrogen (secondary N) is 2. The van der Waals surface area contributed by atoms with Crippen LogP contribution in [0, 0.1) is 0 Å². The third-order valence-electron chi connectivity index (χ3n) is 1.99. The highest BCUT2D eigenvalue weighted by Crippen LogP contribution is 2.36. The number of benzene rings is 1. The van der Waals surface area contributed by atoms with Crippen LogP contribution in [0.15, 0.2) is 34.2 Å². The smallest absolute Gasteiger partial charge is 0.299 e. The van der Waals surface area contributed by atoms with Crippen molar-refractivity contribution in [3.05, 3.63) is 24.3 Å². The van der Waals surface area contributed by atoms with E-state index < -0.39 is 5.51 Å². The van der Waals surface area contributed by atoms with Crippen LogP contribution in [0.4, 0.5) is 18.9 Å². The molecule has 1 heterocycles. The molecule has 0 unspecified atom stereocenters. The number of alkyl halides is 3. The predicted molar refractivity (Wildman–Crippen MR) is 69.9 cm³/mol. The van der Waals surface area contributed by atoms with Crippen LogP contribution in [-0.4, -0.2) is 23.0 Å². The Hall–Kier alpha value is -1.02. The van der Waals surface area contributed by atoms with Gasteiger partial charge in [-0.05, 0) is 36.0 Å². The molecule has 0 aliphatic carbocycles. The fraction of sp³-hybridized carbons (Fsp3) is 0.300. The van der Waals surface area contributed by atoms with Crippen molar-refractivity contribution in [2.45, 2.75) is 10.4 Å². The molecule has 0 amide bonds. The zero-order chi connectivity index (χ0) is 13.0. The number of nitrogens with zero attached hydrogens (tertiary/aromatic N) is 1. The first-order valence-electron chi connectivity index (χ1n) is 5.08. The normalized spacial score (nSPS) is 15.4. The van der Waals surface area contributed by atoms with E-state index in [1.807, 2.05) is 0 Å². The molecule has 98 valence electrons. The van der Waals surface area contributed by atoms with Gasteiger partial charge in [-0.3, -0.25) is 15.8 Å². The standard InChI is InChI=1S/C10H10F3N3S2/c11-10(12,13)18-8-3-1-7(2-4-8)15-16-9-14-5-6-17-9/h1-4,15H,5-6H2,(H,14,16). The number of hydrogen-bond acceptors (Lipinski definition) is 5. The molecule has 0 radical (unpaired) electrons. The van der Waals surface area contributed by atoms with Crippen LogP contribution in [-0.2, 0) is 0 Å². The maximum absolute atomic E-state index is 12.1. The first kappa shape index (κ1) is 13.4. The second kappa shape index (κ2) is 5.75. The highest BCUT2D eigenvalue weighted by Gasteiger charge is 2.28. The quantitative estimate of drug-likeness (QED) is 0.662. The molecule has 1 aliphatic rings. The van der Waals surface area contributed by atoms with Gasteiger partial charge in [-0.2, -0.15) is 13.2 Å². The largest absolute Gasteiger partial charge is 0.446 e. The van der Waals surface area contributed by atoms with Crippen molar-refractivity contribution in [2.24, 2.45) is 4.99 Å². The van der Waals surface area contributed by atoms with E-state index in [2.05, 4.69) is 15.8 Å². The first-order chi connectivity index (χ1) is 8.53. The lowest BCUT2D eigenvalue weighted by Crippen LogP contribution is -2.25. The number of anilines is 1. The van der Waals surface area contributed by atoms with Gasteiger partial charge in [0.1, 0.15) is 0 Å². The summed E-state index contributed by atoms with van der Waals surface area (Å²) >= 11 is 1.47. The van der Waals surface area contributed by atoms with Crippen LogP contribution in [0.5, 0.6) is 0 Å². The molecule has 18 heavy (non-hydrogen) atoms. The number of hydrogen-bond donors (Lipinski definition) is 2. The molecule has 0 saturated heterocycles. The summed E-state index contributed by atoms with van der Waals surface area (Å²) in [4.78, 5) is 4.34. The van der Waals surface area contributed by atoms with E-state index in [0.717, 1.165) is 17.5 Å². The zero-order valence-electron chi connectivity index (χ0n) is 9.12. The van der Waals surface area contributed by atoms with Gasteiger partial charge in [-0.15, -0.1) is 0 Å². The lowest BCUT2D eigenvalue weighted by Gasteiger charge is -2.10. The topological polar surface area (TPSA) is 36.4 Å². The van der Waals surface area contributed by atoms with E-state index in [0.29, 0.717) is 5.69 Å². The van der Waals surface area contributed by atoms with Gasteiger partial charge < -0.3 is 0 Å². The van der Waals surface area contributed by atoms with Gasteiger partial charge in [-0.25, -0.2) is 0 Å². The summed E-state index contributed by atoms with van der Waals surface area (Å²) in [6.07, 6.45) is 0. The van der Waals surface area contributed by atoms with Crippen molar-refractivity contribution < 1.29 is 13.2 Å². The summed E-state index contributed by atoms with van der Waals surface area (Å²) in [5.74, 6) is 0.950. The molecule has 0 bridgehead atoms. The third-order valence-corrected chi connectivity index (χ3v) is 3.62. The highest BCUT2D eigenvalue weighted by molar-refractivity contribution is 8.14. The van der Waals surface area contributed by atoms with Crippen molar-refractivity contribution in [1.82, 2.24) is 5.43 Å². The Morgan fingerprint density at radius 2 is 1.89 bits per heavy atom. The summed E-state index contributed by atoms with van der Waals surface area (Å²) < 4.78 is 36.3. The predicted octanol–water partition coefficient (Wildman–Crippen LogP) is 3.32. The molecule has 1 aliphatic heterocycles. The number of hydrazine groups is 1. The lowest BCUT2D eigenvalue weighted by atomic mass is 10.3. The molecule has 1 aromatic carbocycles. The Balaban J connectivity index is 1.87. The fourth-order valence-corrected chi connectivity index (χ4v) is 2.50. The Morgan fingerprint density at radius 3 is 2.44 bits per heavy atom. The van der Waals surface area contributed by atoms with E-state index in [1.165, 1.54) is 12.1 Å². The molecule has 2 N–H and O–H groups in total. The van der Waals surface area contributed by atoms with E-state index in [-0.39, 0.29) is 16.7 Å². The number of amidine groups is 1. The molecule has 0 atom stereocenters.